The second-order valence-corrected chi connectivity index (χ2v) is 4.00. The molecule has 3 heteroatoms. The molecule has 1 aromatic heterocycles. The van der Waals surface area contributed by atoms with Gasteiger partial charge in [0.1, 0.15) is 5.82 Å². The largest absolute Gasteiger partial charge is 0.393 e. The van der Waals surface area contributed by atoms with E-state index in [1.807, 2.05) is 12.1 Å². The van der Waals surface area contributed by atoms with E-state index in [0.717, 1.165) is 31.2 Å². The first kappa shape index (κ1) is 9.46. The van der Waals surface area contributed by atoms with Crippen molar-refractivity contribution in [2.75, 3.05) is 5.73 Å². The summed E-state index contributed by atoms with van der Waals surface area (Å²) in [6.45, 7) is 0. The first-order chi connectivity index (χ1) is 6.77. The van der Waals surface area contributed by atoms with Gasteiger partial charge in [0, 0.05) is 6.20 Å². The van der Waals surface area contributed by atoms with Crippen LogP contribution in [0.3, 0.4) is 0 Å². The number of aliphatic hydroxyl groups excluding tert-OH is 1. The topological polar surface area (TPSA) is 59.1 Å². The van der Waals surface area contributed by atoms with Crippen molar-refractivity contribution in [3.63, 3.8) is 0 Å². The lowest BCUT2D eigenvalue weighted by molar-refractivity contribution is 0.119. The van der Waals surface area contributed by atoms with E-state index >= 15 is 0 Å². The molecule has 0 radical (unpaired) electrons. The number of hydrogen-bond acceptors (Lipinski definition) is 3. The maximum absolute atomic E-state index is 9.57. The summed E-state index contributed by atoms with van der Waals surface area (Å²) in [6.07, 6.45) is 5.51. The van der Waals surface area contributed by atoms with E-state index in [-0.39, 0.29) is 6.10 Å². The van der Waals surface area contributed by atoms with Crippen LogP contribution in [0.25, 0.3) is 0 Å². The molecule has 0 amide bonds. The van der Waals surface area contributed by atoms with Crippen LogP contribution in [0.5, 0.6) is 0 Å². The van der Waals surface area contributed by atoms with Gasteiger partial charge in [-0.2, -0.15) is 0 Å². The van der Waals surface area contributed by atoms with Crippen molar-refractivity contribution in [3.8, 4) is 0 Å². The van der Waals surface area contributed by atoms with Crippen LogP contribution in [0.4, 0.5) is 5.82 Å². The van der Waals surface area contributed by atoms with Crippen molar-refractivity contribution in [1.29, 1.82) is 0 Å². The van der Waals surface area contributed by atoms with Gasteiger partial charge < -0.3 is 10.8 Å². The molecular weight excluding hydrogens is 176 g/mol. The molecule has 2 rings (SSSR count). The molecule has 14 heavy (non-hydrogen) atoms. The molecule has 0 bridgehead atoms. The zero-order chi connectivity index (χ0) is 9.97. The molecule has 76 valence electrons. The average molecular weight is 192 g/mol. The Balaban J connectivity index is 2.18. The highest BCUT2D eigenvalue weighted by atomic mass is 16.3. The molecular formula is C11H16N2O. The number of aliphatic hydroxyl groups is 1. The molecule has 2 unspecified atom stereocenters. The third-order valence-corrected chi connectivity index (χ3v) is 2.96. The van der Waals surface area contributed by atoms with Gasteiger partial charge in [-0.1, -0.05) is 12.5 Å². The maximum Gasteiger partial charge on any atom is 0.126 e. The summed E-state index contributed by atoms with van der Waals surface area (Å²) in [5.74, 6) is 1.01. The molecule has 3 nitrogen and oxygen atoms in total. The summed E-state index contributed by atoms with van der Waals surface area (Å²) in [5.41, 5.74) is 6.91. The number of rotatable bonds is 1. The van der Waals surface area contributed by atoms with Crippen LogP contribution in [0, 0.1) is 0 Å². The van der Waals surface area contributed by atoms with Crippen LogP contribution < -0.4 is 5.73 Å². The number of nitrogens with two attached hydrogens (primary N) is 1. The minimum atomic E-state index is -0.159. The minimum absolute atomic E-state index is 0.159. The lowest BCUT2D eigenvalue weighted by Gasteiger charge is -2.26. The standard InChI is InChI=1S/C11H16N2O/c12-11-10(5-2-6-13-11)8-3-1-4-9(14)7-8/h2,5-6,8-9,14H,1,3-4,7H2,(H2,12,13). The van der Waals surface area contributed by atoms with Gasteiger partial charge in [0.05, 0.1) is 6.10 Å². The summed E-state index contributed by atoms with van der Waals surface area (Å²) in [4.78, 5) is 4.08. The van der Waals surface area contributed by atoms with Crippen LogP contribution in [0.2, 0.25) is 0 Å². The molecule has 3 N–H and O–H groups in total. The van der Waals surface area contributed by atoms with Crippen LogP contribution in [0.1, 0.15) is 37.2 Å². The van der Waals surface area contributed by atoms with Gasteiger partial charge in [0.25, 0.3) is 0 Å². The molecule has 1 aromatic rings. The van der Waals surface area contributed by atoms with Crippen molar-refractivity contribution in [2.24, 2.45) is 0 Å². The molecule has 1 aliphatic rings. The molecule has 0 aromatic carbocycles. The number of nitrogen functional groups attached to an aromatic ring is 1. The van der Waals surface area contributed by atoms with Crippen LogP contribution in [-0.4, -0.2) is 16.2 Å². The highest BCUT2D eigenvalue weighted by Gasteiger charge is 2.23. The molecule has 1 saturated carbocycles. The van der Waals surface area contributed by atoms with Crippen LogP contribution >= 0.6 is 0 Å². The molecule has 0 aliphatic heterocycles. The Morgan fingerprint density at radius 3 is 3.00 bits per heavy atom. The van der Waals surface area contributed by atoms with Gasteiger partial charge in [-0.15, -0.1) is 0 Å². The molecule has 2 atom stereocenters. The highest BCUT2D eigenvalue weighted by Crippen LogP contribution is 2.34. The Morgan fingerprint density at radius 2 is 2.29 bits per heavy atom. The van der Waals surface area contributed by atoms with Crippen molar-refractivity contribution in [3.05, 3.63) is 23.9 Å². The Morgan fingerprint density at radius 1 is 1.43 bits per heavy atom. The van der Waals surface area contributed by atoms with Crippen molar-refractivity contribution in [1.82, 2.24) is 4.98 Å². The second-order valence-electron chi connectivity index (χ2n) is 4.00. The first-order valence-electron chi connectivity index (χ1n) is 5.16. The molecule has 1 heterocycles. The number of nitrogens with zero attached hydrogens (tertiary/aromatic N) is 1. The maximum atomic E-state index is 9.57. The van der Waals surface area contributed by atoms with Gasteiger partial charge in [0.15, 0.2) is 0 Å². The molecule has 0 saturated heterocycles. The third-order valence-electron chi connectivity index (χ3n) is 2.96. The van der Waals surface area contributed by atoms with E-state index < -0.39 is 0 Å². The minimum Gasteiger partial charge on any atom is -0.393 e. The Kier molecular flexibility index (Phi) is 2.68. The fraction of sp³-hybridized carbons (Fsp3) is 0.545. The van der Waals surface area contributed by atoms with E-state index in [1.54, 1.807) is 6.20 Å². The van der Waals surface area contributed by atoms with E-state index in [4.69, 9.17) is 5.73 Å². The van der Waals surface area contributed by atoms with E-state index in [9.17, 15) is 5.11 Å². The van der Waals surface area contributed by atoms with E-state index in [0.29, 0.717) is 11.7 Å². The monoisotopic (exact) mass is 192 g/mol. The highest BCUT2D eigenvalue weighted by molar-refractivity contribution is 5.41. The number of aromatic nitrogens is 1. The van der Waals surface area contributed by atoms with Gasteiger partial charge in [-0.25, -0.2) is 4.98 Å². The molecule has 1 aliphatic carbocycles. The summed E-state index contributed by atoms with van der Waals surface area (Å²) in [6, 6.07) is 3.93. The normalized spacial score (nSPS) is 27.5. The average Bonchev–Trinajstić information content (AvgIpc) is 2.18. The Labute approximate surface area is 84.0 Å². The van der Waals surface area contributed by atoms with Gasteiger partial charge >= 0.3 is 0 Å². The lowest BCUT2D eigenvalue weighted by Crippen LogP contribution is -2.19. The summed E-state index contributed by atoms with van der Waals surface area (Å²) < 4.78 is 0. The predicted molar refractivity (Wildman–Crippen MR) is 55.9 cm³/mol. The summed E-state index contributed by atoms with van der Waals surface area (Å²) in [7, 11) is 0. The van der Waals surface area contributed by atoms with Gasteiger partial charge in [-0.3, -0.25) is 0 Å². The quantitative estimate of drug-likeness (QED) is 0.711. The number of pyridine rings is 1. The Hall–Kier alpha value is -1.09. The fourth-order valence-electron chi connectivity index (χ4n) is 2.22. The van der Waals surface area contributed by atoms with Crippen LogP contribution in [-0.2, 0) is 0 Å². The molecule has 1 fully saturated rings. The van der Waals surface area contributed by atoms with Gasteiger partial charge in [0.2, 0.25) is 0 Å². The van der Waals surface area contributed by atoms with Crippen molar-refractivity contribution in [2.45, 2.75) is 37.7 Å². The van der Waals surface area contributed by atoms with Crippen molar-refractivity contribution < 1.29 is 5.11 Å². The fourth-order valence-corrected chi connectivity index (χ4v) is 2.22. The van der Waals surface area contributed by atoms with Gasteiger partial charge in [-0.05, 0) is 36.8 Å². The summed E-state index contributed by atoms with van der Waals surface area (Å²) in [5, 5.41) is 9.57. The van der Waals surface area contributed by atoms with E-state index in [1.165, 1.54) is 0 Å². The number of anilines is 1. The zero-order valence-electron chi connectivity index (χ0n) is 8.19. The summed E-state index contributed by atoms with van der Waals surface area (Å²) >= 11 is 0. The second kappa shape index (κ2) is 3.96. The SMILES string of the molecule is Nc1ncccc1C1CCCC(O)C1. The first-order valence-corrected chi connectivity index (χ1v) is 5.16. The van der Waals surface area contributed by atoms with E-state index in [2.05, 4.69) is 4.98 Å². The predicted octanol–water partition coefficient (Wildman–Crippen LogP) is 1.68. The van der Waals surface area contributed by atoms with Crippen molar-refractivity contribution >= 4 is 5.82 Å². The van der Waals surface area contributed by atoms with Crippen LogP contribution in [0.15, 0.2) is 18.3 Å². The smallest absolute Gasteiger partial charge is 0.126 e. The molecule has 0 spiro atoms. The lowest BCUT2D eigenvalue weighted by atomic mass is 9.83. The third kappa shape index (κ3) is 1.87. The Bertz CT molecular complexity index is 314. The number of hydrogen-bond donors (Lipinski definition) is 2. The zero-order valence-corrected chi connectivity index (χ0v) is 8.19.